The van der Waals surface area contributed by atoms with Crippen molar-refractivity contribution in [1.29, 1.82) is 0 Å². The summed E-state index contributed by atoms with van der Waals surface area (Å²) in [4.78, 5) is 3.97. The zero-order chi connectivity index (χ0) is 8.55. The Morgan fingerprint density at radius 1 is 1.00 bits per heavy atom. The standard InChI is InChI=1S/C9H9N3/c10-8-2-1-6-5-12-9(11)4-7(6)3-8/h1-5H,10H2,(H2,11,12). The van der Waals surface area contributed by atoms with E-state index in [0.29, 0.717) is 5.82 Å². The van der Waals surface area contributed by atoms with Gasteiger partial charge in [-0.2, -0.15) is 0 Å². The molecule has 2 aromatic rings. The summed E-state index contributed by atoms with van der Waals surface area (Å²) in [6, 6.07) is 7.47. The van der Waals surface area contributed by atoms with Crippen LogP contribution in [0.3, 0.4) is 0 Å². The van der Waals surface area contributed by atoms with Gasteiger partial charge in [-0.1, -0.05) is 6.07 Å². The fourth-order valence-electron chi connectivity index (χ4n) is 1.18. The predicted octanol–water partition coefficient (Wildman–Crippen LogP) is 1.40. The van der Waals surface area contributed by atoms with E-state index in [1.54, 1.807) is 6.20 Å². The third kappa shape index (κ3) is 1.05. The van der Waals surface area contributed by atoms with Gasteiger partial charge < -0.3 is 11.5 Å². The second kappa shape index (κ2) is 2.37. The second-order valence-electron chi connectivity index (χ2n) is 2.72. The molecular weight excluding hydrogens is 150 g/mol. The third-order valence-corrected chi connectivity index (χ3v) is 1.77. The maximum absolute atomic E-state index is 5.61. The lowest BCUT2D eigenvalue weighted by atomic mass is 10.1. The molecule has 3 nitrogen and oxygen atoms in total. The Kier molecular flexibility index (Phi) is 1.37. The Morgan fingerprint density at radius 2 is 1.83 bits per heavy atom. The zero-order valence-electron chi connectivity index (χ0n) is 6.49. The van der Waals surface area contributed by atoms with Crippen LogP contribution in [0.1, 0.15) is 0 Å². The number of benzene rings is 1. The van der Waals surface area contributed by atoms with Crippen LogP contribution >= 0.6 is 0 Å². The molecule has 1 heterocycles. The number of nitrogens with zero attached hydrogens (tertiary/aromatic N) is 1. The highest BCUT2D eigenvalue weighted by Gasteiger charge is 1.94. The molecule has 0 aliphatic heterocycles. The lowest BCUT2D eigenvalue weighted by Crippen LogP contribution is -1.89. The first-order chi connectivity index (χ1) is 5.75. The SMILES string of the molecule is Nc1ccc2cnc(N)cc2c1. The fourth-order valence-corrected chi connectivity index (χ4v) is 1.18. The molecule has 3 heteroatoms. The molecule has 0 saturated heterocycles. The van der Waals surface area contributed by atoms with Crippen LogP contribution in [0.5, 0.6) is 0 Å². The predicted molar refractivity (Wildman–Crippen MR) is 50.6 cm³/mol. The van der Waals surface area contributed by atoms with Gasteiger partial charge in [-0.05, 0) is 23.6 Å². The largest absolute Gasteiger partial charge is 0.399 e. The van der Waals surface area contributed by atoms with Crippen LogP contribution in [0.2, 0.25) is 0 Å². The molecular formula is C9H9N3. The normalized spacial score (nSPS) is 10.3. The van der Waals surface area contributed by atoms with Crippen molar-refractivity contribution < 1.29 is 0 Å². The Balaban J connectivity index is 2.80. The molecule has 4 N–H and O–H groups in total. The highest BCUT2D eigenvalue weighted by Crippen LogP contribution is 2.17. The quantitative estimate of drug-likeness (QED) is 0.571. The lowest BCUT2D eigenvalue weighted by Gasteiger charge is -1.99. The minimum Gasteiger partial charge on any atom is -0.399 e. The number of nitrogen functional groups attached to an aromatic ring is 2. The van der Waals surface area contributed by atoms with Gasteiger partial charge in [0, 0.05) is 17.3 Å². The molecule has 0 aliphatic rings. The van der Waals surface area contributed by atoms with Crippen LogP contribution in [0.25, 0.3) is 10.8 Å². The van der Waals surface area contributed by atoms with E-state index < -0.39 is 0 Å². The number of rotatable bonds is 0. The first kappa shape index (κ1) is 6.91. The molecule has 0 atom stereocenters. The van der Waals surface area contributed by atoms with Crippen LogP contribution in [-0.2, 0) is 0 Å². The molecule has 0 unspecified atom stereocenters. The van der Waals surface area contributed by atoms with E-state index in [-0.39, 0.29) is 0 Å². The van der Waals surface area contributed by atoms with Gasteiger partial charge in [-0.15, -0.1) is 0 Å². The minimum absolute atomic E-state index is 0.521. The molecule has 0 spiro atoms. The number of hydrogen-bond donors (Lipinski definition) is 2. The molecule has 60 valence electrons. The first-order valence-corrected chi connectivity index (χ1v) is 3.66. The van der Waals surface area contributed by atoms with Gasteiger partial charge in [0.2, 0.25) is 0 Å². The topological polar surface area (TPSA) is 64.9 Å². The second-order valence-corrected chi connectivity index (χ2v) is 2.72. The maximum Gasteiger partial charge on any atom is 0.123 e. The molecule has 0 aliphatic carbocycles. The number of hydrogen-bond acceptors (Lipinski definition) is 3. The molecule has 1 aromatic heterocycles. The Bertz CT molecular complexity index is 386. The summed E-state index contributed by atoms with van der Waals surface area (Å²) in [7, 11) is 0. The average molecular weight is 159 g/mol. The van der Waals surface area contributed by atoms with E-state index in [0.717, 1.165) is 16.5 Å². The van der Waals surface area contributed by atoms with Crippen molar-refractivity contribution in [1.82, 2.24) is 4.98 Å². The van der Waals surface area contributed by atoms with Crippen LogP contribution in [0.4, 0.5) is 11.5 Å². The smallest absolute Gasteiger partial charge is 0.123 e. The molecule has 12 heavy (non-hydrogen) atoms. The van der Waals surface area contributed by atoms with E-state index >= 15 is 0 Å². The number of pyridine rings is 1. The third-order valence-electron chi connectivity index (χ3n) is 1.77. The number of fused-ring (bicyclic) bond motifs is 1. The summed E-state index contributed by atoms with van der Waals surface area (Å²) in [6.45, 7) is 0. The van der Waals surface area contributed by atoms with Gasteiger partial charge in [-0.3, -0.25) is 0 Å². The van der Waals surface area contributed by atoms with Gasteiger partial charge in [0.25, 0.3) is 0 Å². The van der Waals surface area contributed by atoms with Crippen molar-refractivity contribution in [3.8, 4) is 0 Å². The molecule has 2 rings (SSSR count). The van der Waals surface area contributed by atoms with Crippen molar-refractivity contribution in [3.63, 3.8) is 0 Å². The summed E-state index contributed by atoms with van der Waals surface area (Å²) >= 11 is 0. The Morgan fingerprint density at radius 3 is 2.67 bits per heavy atom. The molecule has 0 saturated carbocycles. The number of anilines is 2. The van der Waals surface area contributed by atoms with Gasteiger partial charge in [0.1, 0.15) is 5.82 Å². The molecule has 0 fully saturated rings. The summed E-state index contributed by atoms with van der Waals surface area (Å²) in [6.07, 6.45) is 1.74. The monoisotopic (exact) mass is 159 g/mol. The average Bonchev–Trinajstić information content (AvgIpc) is 2.03. The van der Waals surface area contributed by atoms with Gasteiger partial charge in [0.15, 0.2) is 0 Å². The Hall–Kier alpha value is -1.77. The van der Waals surface area contributed by atoms with Crippen LogP contribution in [0, 0.1) is 0 Å². The fraction of sp³-hybridized carbons (Fsp3) is 0. The van der Waals surface area contributed by atoms with E-state index in [2.05, 4.69) is 4.98 Å². The van der Waals surface area contributed by atoms with Gasteiger partial charge in [-0.25, -0.2) is 4.98 Å². The van der Waals surface area contributed by atoms with Crippen molar-refractivity contribution in [3.05, 3.63) is 30.5 Å². The molecule has 0 bridgehead atoms. The number of nitrogens with two attached hydrogens (primary N) is 2. The van der Waals surface area contributed by atoms with E-state index in [9.17, 15) is 0 Å². The van der Waals surface area contributed by atoms with Crippen LogP contribution < -0.4 is 11.5 Å². The van der Waals surface area contributed by atoms with E-state index in [1.807, 2.05) is 24.3 Å². The molecule has 1 aromatic carbocycles. The minimum atomic E-state index is 0.521. The van der Waals surface area contributed by atoms with Gasteiger partial charge in [0.05, 0.1) is 0 Å². The summed E-state index contributed by atoms with van der Waals surface area (Å²) in [5, 5.41) is 2.08. The Labute approximate surface area is 70.0 Å². The van der Waals surface area contributed by atoms with Crippen molar-refractivity contribution in [2.75, 3.05) is 11.5 Å². The van der Waals surface area contributed by atoms with Crippen LogP contribution in [0.15, 0.2) is 30.5 Å². The zero-order valence-corrected chi connectivity index (χ0v) is 6.49. The van der Waals surface area contributed by atoms with Gasteiger partial charge >= 0.3 is 0 Å². The summed E-state index contributed by atoms with van der Waals surface area (Å²) in [5.41, 5.74) is 11.9. The van der Waals surface area contributed by atoms with E-state index in [4.69, 9.17) is 11.5 Å². The van der Waals surface area contributed by atoms with Crippen LogP contribution in [-0.4, -0.2) is 4.98 Å². The highest BCUT2D eigenvalue weighted by molar-refractivity contribution is 5.86. The lowest BCUT2D eigenvalue weighted by molar-refractivity contribution is 1.37. The maximum atomic E-state index is 5.61. The first-order valence-electron chi connectivity index (χ1n) is 3.66. The van der Waals surface area contributed by atoms with E-state index in [1.165, 1.54) is 0 Å². The highest BCUT2D eigenvalue weighted by atomic mass is 14.8. The summed E-state index contributed by atoms with van der Waals surface area (Å²) < 4.78 is 0. The summed E-state index contributed by atoms with van der Waals surface area (Å²) in [5.74, 6) is 0.521. The van der Waals surface area contributed by atoms with Crippen molar-refractivity contribution >= 4 is 22.3 Å². The van der Waals surface area contributed by atoms with Crippen molar-refractivity contribution in [2.45, 2.75) is 0 Å². The molecule has 0 amide bonds. The van der Waals surface area contributed by atoms with Crippen molar-refractivity contribution in [2.24, 2.45) is 0 Å². The molecule has 0 radical (unpaired) electrons. The number of aromatic nitrogens is 1.